The zero-order chi connectivity index (χ0) is 24.3. The summed E-state index contributed by atoms with van der Waals surface area (Å²) in [5.74, 6) is 0.147. The second-order valence-corrected chi connectivity index (χ2v) is 11.7. The molecule has 1 aliphatic heterocycles. The number of nitrogens with zero attached hydrogens (tertiary/aromatic N) is 1. The monoisotopic (exact) mass is 483 g/mol. The van der Waals surface area contributed by atoms with Gasteiger partial charge in [0.1, 0.15) is 0 Å². The number of piperidine rings is 1. The highest BCUT2D eigenvalue weighted by Crippen LogP contribution is 2.29. The van der Waals surface area contributed by atoms with Crippen LogP contribution in [0.1, 0.15) is 66.9 Å². The summed E-state index contributed by atoms with van der Waals surface area (Å²) >= 11 is 0. The molecule has 6 nitrogen and oxygen atoms in total. The average Bonchev–Trinajstić information content (AvgIpc) is 3.35. The van der Waals surface area contributed by atoms with Gasteiger partial charge < -0.3 is 10.2 Å². The molecular weight excluding hydrogens is 446 g/mol. The molecule has 0 bridgehead atoms. The summed E-state index contributed by atoms with van der Waals surface area (Å²) in [6.07, 6.45) is 7.37. The second-order valence-electron chi connectivity index (χ2n) is 9.97. The molecule has 34 heavy (non-hydrogen) atoms. The zero-order valence-electron chi connectivity index (χ0n) is 20.5. The number of nitrogens with one attached hydrogen (secondary N) is 2. The minimum Gasteiger partial charge on any atom is -0.322 e. The molecule has 1 saturated carbocycles. The summed E-state index contributed by atoms with van der Waals surface area (Å²) in [7, 11) is -3.64. The molecule has 4 rings (SSSR count). The third kappa shape index (κ3) is 5.70. The van der Waals surface area contributed by atoms with Crippen molar-refractivity contribution in [2.45, 2.75) is 76.3 Å². The Labute approximate surface area is 204 Å². The SMILES string of the molecule is Cc1cc(S(=O)(=O)NC(C)C2CCN(C3CCCC3)CC2)ccc1NC(=O)c1ccccc1C. The van der Waals surface area contributed by atoms with Crippen LogP contribution in [-0.4, -0.2) is 44.4 Å². The van der Waals surface area contributed by atoms with Crippen molar-refractivity contribution in [3.05, 3.63) is 59.2 Å². The first kappa shape index (κ1) is 24.9. The fourth-order valence-corrected chi connectivity index (χ4v) is 6.82. The molecule has 1 atom stereocenters. The van der Waals surface area contributed by atoms with Gasteiger partial charge in [-0.3, -0.25) is 4.79 Å². The number of aryl methyl sites for hydroxylation is 2. The fraction of sp³-hybridized carbons (Fsp3) is 0.519. The van der Waals surface area contributed by atoms with E-state index in [1.165, 1.54) is 25.7 Å². The summed E-state index contributed by atoms with van der Waals surface area (Å²) in [5.41, 5.74) is 2.82. The molecule has 1 amide bonds. The number of anilines is 1. The largest absolute Gasteiger partial charge is 0.322 e. The maximum Gasteiger partial charge on any atom is 0.255 e. The number of carbonyl (C=O) groups is 1. The van der Waals surface area contributed by atoms with Crippen LogP contribution in [-0.2, 0) is 10.0 Å². The van der Waals surface area contributed by atoms with E-state index < -0.39 is 10.0 Å². The topological polar surface area (TPSA) is 78.5 Å². The molecule has 0 aromatic heterocycles. The van der Waals surface area contributed by atoms with Crippen molar-refractivity contribution in [3.8, 4) is 0 Å². The predicted molar refractivity (Wildman–Crippen MR) is 137 cm³/mol. The Morgan fingerprint density at radius 3 is 2.29 bits per heavy atom. The van der Waals surface area contributed by atoms with Crippen LogP contribution in [0.2, 0.25) is 0 Å². The van der Waals surface area contributed by atoms with Crippen molar-refractivity contribution in [1.29, 1.82) is 0 Å². The predicted octanol–water partition coefficient (Wildman–Crippen LogP) is 4.88. The highest BCUT2D eigenvalue weighted by Gasteiger charge is 2.31. The number of likely N-dealkylation sites (tertiary alicyclic amines) is 1. The Bertz CT molecular complexity index is 1120. The van der Waals surface area contributed by atoms with Crippen molar-refractivity contribution in [2.24, 2.45) is 5.92 Å². The van der Waals surface area contributed by atoms with E-state index in [1.54, 1.807) is 24.3 Å². The fourth-order valence-electron chi connectivity index (χ4n) is 5.42. The zero-order valence-corrected chi connectivity index (χ0v) is 21.3. The summed E-state index contributed by atoms with van der Waals surface area (Å²) < 4.78 is 29.1. The number of amides is 1. The Hall–Kier alpha value is -2.22. The highest BCUT2D eigenvalue weighted by atomic mass is 32.2. The quantitative estimate of drug-likeness (QED) is 0.589. The van der Waals surface area contributed by atoms with Crippen LogP contribution in [0.5, 0.6) is 0 Å². The first-order valence-corrected chi connectivity index (χ1v) is 14.0. The lowest BCUT2D eigenvalue weighted by Crippen LogP contribution is -2.46. The number of sulfonamides is 1. The lowest BCUT2D eigenvalue weighted by molar-refractivity contribution is 0.102. The molecule has 1 saturated heterocycles. The van der Waals surface area contributed by atoms with E-state index in [9.17, 15) is 13.2 Å². The molecule has 184 valence electrons. The third-order valence-electron chi connectivity index (χ3n) is 7.61. The molecule has 2 fully saturated rings. The third-order valence-corrected chi connectivity index (χ3v) is 9.17. The van der Waals surface area contributed by atoms with Crippen LogP contribution in [0.25, 0.3) is 0 Å². The smallest absolute Gasteiger partial charge is 0.255 e. The van der Waals surface area contributed by atoms with Gasteiger partial charge in [0.25, 0.3) is 5.91 Å². The standard InChI is InChI=1S/C27H37N3O3S/c1-19-8-4-7-11-25(19)27(31)28-26-13-12-24(18-20(26)2)34(32,33)29-21(3)22-14-16-30(17-15-22)23-9-5-6-10-23/h4,7-8,11-13,18,21-23,29H,5-6,9-10,14-17H2,1-3H3,(H,28,31). The molecule has 1 heterocycles. The minimum absolute atomic E-state index is 0.114. The van der Waals surface area contributed by atoms with E-state index in [-0.39, 0.29) is 16.8 Å². The van der Waals surface area contributed by atoms with E-state index >= 15 is 0 Å². The van der Waals surface area contributed by atoms with Gasteiger partial charge in [0.2, 0.25) is 10.0 Å². The first-order chi connectivity index (χ1) is 16.2. The van der Waals surface area contributed by atoms with Crippen LogP contribution in [0, 0.1) is 19.8 Å². The van der Waals surface area contributed by atoms with E-state index in [0.717, 1.165) is 37.5 Å². The van der Waals surface area contributed by atoms with Gasteiger partial charge in [0.15, 0.2) is 0 Å². The van der Waals surface area contributed by atoms with Crippen LogP contribution in [0.3, 0.4) is 0 Å². The number of benzene rings is 2. The summed E-state index contributed by atoms with van der Waals surface area (Å²) in [5, 5.41) is 2.91. The summed E-state index contributed by atoms with van der Waals surface area (Å²) in [4.78, 5) is 15.5. The normalized spacial score (nSPS) is 19.3. The van der Waals surface area contributed by atoms with E-state index in [2.05, 4.69) is 14.9 Å². The molecule has 2 aromatic rings. The van der Waals surface area contributed by atoms with Crippen LogP contribution >= 0.6 is 0 Å². The molecule has 2 aliphatic rings. The molecule has 0 spiro atoms. The van der Waals surface area contributed by atoms with Crippen LogP contribution in [0.15, 0.2) is 47.4 Å². The van der Waals surface area contributed by atoms with Crippen LogP contribution < -0.4 is 10.0 Å². The van der Waals surface area contributed by atoms with Gasteiger partial charge >= 0.3 is 0 Å². The first-order valence-electron chi connectivity index (χ1n) is 12.5. The maximum absolute atomic E-state index is 13.1. The van der Waals surface area contributed by atoms with Gasteiger partial charge in [-0.1, -0.05) is 31.0 Å². The van der Waals surface area contributed by atoms with Gasteiger partial charge in [-0.2, -0.15) is 0 Å². The van der Waals surface area contributed by atoms with Gasteiger partial charge in [0.05, 0.1) is 4.90 Å². The van der Waals surface area contributed by atoms with Crippen LogP contribution in [0.4, 0.5) is 5.69 Å². The van der Waals surface area contributed by atoms with Crippen molar-refractivity contribution in [2.75, 3.05) is 18.4 Å². The van der Waals surface area contributed by atoms with E-state index in [4.69, 9.17) is 0 Å². The number of rotatable bonds is 7. The van der Waals surface area contributed by atoms with Crippen molar-refractivity contribution in [1.82, 2.24) is 9.62 Å². The van der Waals surface area contributed by atoms with Crippen molar-refractivity contribution < 1.29 is 13.2 Å². The Kier molecular flexibility index (Phi) is 7.75. The minimum atomic E-state index is -3.64. The molecule has 0 radical (unpaired) electrons. The van der Waals surface area contributed by atoms with E-state index in [1.807, 2.05) is 39.0 Å². The molecule has 7 heteroatoms. The van der Waals surface area contributed by atoms with Gasteiger partial charge in [-0.15, -0.1) is 0 Å². The lowest BCUT2D eigenvalue weighted by Gasteiger charge is -2.38. The summed E-state index contributed by atoms with van der Waals surface area (Å²) in [6, 6.07) is 12.9. The van der Waals surface area contributed by atoms with Gasteiger partial charge in [-0.25, -0.2) is 13.1 Å². The van der Waals surface area contributed by atoms with Crippen molar-refractivity contribution in [3.63, 3.8) is 0 Å². The number of hydrogen-bond acceptors (Lipinski definition) is 4. The average molecular weight is 484 g/mol. The highest BCUT2D eigenvalue weighted by molar-refractivity contribution is 7.89. The molecule has 1 unspecified atom stereocenters. The Morgan fingerprint density at radius 2 is 1.65 bits per heavy atom. The van der Waals surface area contributed by atoms with Crippen molar-refractivity contribution >= 4 is 21.6 Å². The number of carbonyl (C=O) groups excluding carboxylic acids is 1. The molecular formula is C27H37N3O3S. The lowest BCUT2D eigenvalue weighted by atomic mass is 9.90. The number of hydrogen-bond donors (Lipinski definition) is 2. The Balaban J connectivity index is 1.37. The van der Waals surface area contributed by atoms with E-state index in [0.29, 0.717) is 22.7 Å². The van der Waals surface area contributed by atoms with Gasteiger partial charge in [0, 0.05) is 23.3 Å². The molecule has 2 aromatic carbocycles. The molecule has 2 N–H and O–H groups in total. The Morgan fingerprint density at radius 1 is 0.971 bits per heavy atom. The molecule has 1 aliphatic carbocycles. The summed E-state index contributed by atoms with van der Waals surface area (Å²) in [6.45, 7) is 7.82. The van der Waals surface area contributed by atoms with Gasteiger partial charge in [-0.05, 0) is 101 Å². The second kappa shape index (κ2) is 10.6. The maximum atomic E-state index is 13.1.